The first kappa shape index (κ1) is 22.5. The van der Waals surface area contributed by atoms with Crippen molar-refractivity contribution in [3.8, 4) is 22.3 Å². The number of hydrogen-bond acceptors (Lipinski definition) is 4. The number of pyridine rings is 1. The zero-order valence-electron chi connectivity index (χ0n) is 18.1. The Labute approximate surface area is 193 Å². The molecule has 0 spiro atoms. The van der Waals surface area contributed by atoms with Gasteiger partial charge in [-0.25, -0.2) is 8.42 Å². The number of aromatic nitrogens is 1. The summed E-state index contributed by atoms with van der Waals surface area (Å²) in [6.07, 6.45) is 3.00. The van der Waals surface area contributed by atoms with Crippen molar-refractivity contribution in [1.29, 1.82) is 0 Å². The van der Waals surface area contributed by atoms with Crippen LogP contribution in [0.3, 0.4) is 0 Å². The van der Waals surface area contributed by atoms with E-state index in [9.17, 15) is 13.5 Å². The summed E-state index contributed by atoms with van der Waals surface area (Å²) in [4.78, 5) is 4.58. The fraction of sp³-hybridized carbons (Fsp3) is 0.192. The maximum Gasteiger partial charge on any atom is 0.156 e. The highest BCUT2D eigenvalue weighted by atomic mass is 35.5. The van der Waals surface area contributed by atoms with Crippen molar-refractivity contribution in [2.24, 2.45) is 0 Å². The summed E-state index contributed by atoms with van der Waals surface area (Å²) in [6, 6.07) is 21.2. The third-order valence-electron chi connectivity index (χ3n) is 6.05. The maximum absolute atomic E-state index is 12.5. The topological polar surface area (TPSA) is 67.3 Å². The first-order chi connectivity index (χ1) is 15.1. The molecular weight excluding hydrogens is 442 g/mol. The monoisotopic (exact) mass is 465 g/mol. The van der Waals surface area contributed by atoms with E-state index in [1.807, 2.05) is 60.7 Å². The number of benzene rings is 3. The van der Waals surface area contributed by atoms with Crippen LogP contribution in [0.2, 0.25) is 5.02 Å². The Morgan fingerprint density at radius 3 is 2.38 bits per heavy atom. The Hall–Kier alpha value is -2.73. The zero-order valence-corrected chi connectivity index (χ0v) is 19.7. The van der Waals surface area contributed by atoms with Gasteiger partial charge in [-0.3, -0.25) is 4.98 Å². The van der Waals surface area contributed by atoms with Crippen LogP contribution in [0.25, 0.3) is 33.2 Å². The van der Waals surface area contributed by atoms with Crippen molar-refractivity contribution in [2.75, 3.05) is 6.26 Å². The molecule has 3 aromatic carbocycles. The van der Waals surface area contributed by atoms with Gasteiger partial charge >= 0.3 is 0 Å². The third-order valence-corrected chi connectivity index (χ3v) is 8.51. The molecular formula is C26H24ClNO3S. The summed E-state index contributed by atoms with van der Waals surface area (Å²) in [5.74, 6) is 0. The van der Waals surface area contributed by atoms with Gasteiger partial charge in [-0.05, 0) is 78.1 Å². The molecule has 0 bridgehead atoms. The molecule has 1 N–H and O–H groups in total. The van der Waals surface area contributed by atoms with Crippen LogP contribution in [0.1, 0.15) is 25.0 Å². The molecule has 164 valence electrons. The fourth-order valence-corrected chi connectivity index (χ4v) is 4.44. The second kappa shape index (κ2) is 8.32. The van der Waals surface area contributed by atoms with E-state index in [0.29, 0.717) is 10.6 Å². The number of sulfone groups is 1. The molecule has 0 fully saturated rings. The lowest BCUT2D eigenvalue weighted by atomic mass is 9.92. The minimum absolute atomic E-state index is 0.135. The molecule has 0 amide bonds. The quantitative estimate of drug-likeness (QED) is 0.393. The van der Waals surface area contributed by atoms with Crippen LogP contribution >= 0.6 is 11.6 Å². The van der Waals surface area contributed by atoms with Crippen molar-refractivity contribution >= 4 is 32.3 Å². The molecule has 0 aliphatic carbocycles. The van der Waals surface area contributed by atoms with Crippen LogP contribution in [0.15, 0.2) is 72.9 Å². The SMILES string of the molecule is CC(C)(c1cc(-c2cccc(-c3ccc(Cl)c(CO)c3)c2)c2ncccc2c1)S(C)(=O)=O. The molecule has 4 rings (SSSR count). The fourth-order valence-electron chi connectivity index (χ4n) is 3.72. The van der Waals surface area contributed by atoms with Crippen molar-refractivity contribution in [3.63, 3.8) is 0 Å². The highest BCUT2D eigenvalue weighted by molar-refractivity contribution is 7.91. The Morgan fingerprint density at radius 1 is 0.938 bits per heavy atom. The van der Waals surface area contributed by atoms with Crippen molar-refractivity contribution in [2.45, 2.75) is 25.2 Å². The van der Waals surface area contributed by atoms with Gasteiger partial charge in [-0.15, -0.1) is 0 Å². The lowest BCUT2D eigenvalue weighted by molar-refractivity contribution is 0.282. The molecule has 0 unspecified atom stereocenters. The Bertz CT molecular complexity index is 1430. The molecule has 32 heavy (non-hydrogen) atoms. The van der Waals surface area contributed by atoms with Crippen LogP contribution in [0.5, 0.6) is 0 Å². The summed E-state index contributed by atoms with van der Waals surface area (Å²) in [5, 5.41) is 11.0. The lowest BCUT2D eigenvalue weighted by Crippen LogP contribution is -2.28. The van der Waals surface area contributed by atoms with Gasteiger partial charge in [-0.1, -0.05) is 41.9 Å². The molecule has 0 radical (unpaired) electrons. The van der Waals surface area contributed by atoms with Gasteiger partial charge in [0.25, 0.3) is 0 Å². The Balaban J connectivity index is 1.93. The minimum Gasteiger partial charge on any atom is -0.392 e. The predicted molar refractivity (Wildman–Crippen MR) is 131 cm³/mol. The third kappa shape index (κ3) is 4.04. The van der Waals surface area contributed by atoms with Gasteiger partial charge in [-0.2, -0.15) is 0 Å². The smallest absolute Gasteiger partial charge is 0.156 e. The van der Waals surface area contributed by atoms with E-state index in [4.69, 9.17) is 11.6 Å². The number of aliphatic hydroxyl groups is 1. The summed E-state index contributed by atoms with van der Waals surface area (Å²) in [7, 11) is -3.34. The highest BCUT2D eigenvalue weighted by Gasteiger charge is 2.33. The van der Waals surface area contributed by atoms with Crippen LogP contribution in [-0.4, -0.2) is 24.8 Å². The first-order valence-electron chi connectivity index (χ1n) is 10.2. The summed E-state index contributed by atoms with van der Waals surface area (Å²) >= 11 is 6.16. The van der Waals surface area contributed by atoms with Gasteiger partial charge < -0.3 is 5.11 Å². The van der Waals surface area contributed by atoms with E-state index < -0.39 is 14.6 Å². The lowest BCUT2D eigenvalue weighted by Gasteiger charge is -2.24. The van der Waals surface area contributed by atoms with Gasteiger partial charge in [0.1, 0.15) is 0 Å². The molecule has 4 aromatic rings. The number of nitrogens with zero attached hydrogens (tertiary/aromatic N) is 1. The Morgan fingerprint density at radius 2 is 1.66 bits per heavy atom. The van der Waals surface area contributed by atoms with Crippen molar-refractivity contribution < 1.29 is 13.5 Å². The first-order valence-corrected chi connectivity index (χ1v) is 12.5. The summed E-state index contributed by atoms with van der Waals surface area (Å²) in [6.45, 7) is 3.32. The predicted octanol–water partition coefficient (Wildman–Crippen LogP) is 5.99. The number of halogens is 1. The maximum atomic E-state index is 12.5. The molecule has 0 saturated heterocycles. The van der Waals surface area contributed by atoms with Crippen LogP contribution in [0.4, 0.5) is 0 Å². The number of hydrogen-bond donors (Lipinski definition) is 1. The van der Waals surface area contributed by atoms with E-state index >= 15 is 0 Å². The largest absolute Gasteiger partial charge is 0.392 e. The van der Waals surface area contributed by atoms with E-state index in [0.717, 1.165) is 38.7 Å². The normalized spacial score (nSPS) is 12.3. The molecule has 0 aliphatic heterocycles. The van der Waals surface area contributed by atoms with Crippen molar-refractivity contribution in [3.05, 3.63) is 89.1 Å². The average molecular weight is 466 g/mol. The number of rotatable bonds is 5. The molecule has 0 saturated carbocycles. The van der Waals surface area contributed by atoms with Gasteiger partial charge in [0.05, 0.1) is 16.9 Å². The van der Waals surface area contributed by atoms with Crippen LogP contribution in [-0.2, 0) is 21.2 Å². The number of aliphatic hydroxyl groups excluding tert-OH is 1. The standard InChI is InChI=1S/C26H24ClNO3S/c1-26(2,32(3,30)31)22-14-20-8-5-11-28-25(20)23(15-22)19-7-4-6-17(12-19)18-9-10-24(27)21(13-18)16-29/h4-15,29H,16H2,1-3H3. The second-order valence-electron chi connectivity index (χ2n) is 8.43. The van der Waals surface area contributed by atoms with Crippen LogP contribution < -0.4 is 0 Å². The average Bonchev–Trinajstić information content (AvgIpc) is 2.78. The Kier molecular flexibility index (Phi) is 5.84. The minimum atomic E-state index is -3.34. The molecule has 6 heteroatoms. The molecule has 1 aromatic heterocycles. The van der Waals surface area contributed by atoms with E-state index in [-0.39, 0.29) is 6.61 Å². The molecule has 0 aliphatic rings. The van der Waals surface area contributed by atoms with E-state index in [2.05, 4.69) is 4.98 Å². The molecule has 4 nitrogen and oxygen atoms in total. The second-order valence-corrected chi connectivity index (χ2v) is 11.4. The molecule has 0 atom stereocenters. The summed E-state index contributed by atoms with van der Waals surface area (Å²) in [5.41, 5.74) is 5.89. The van der Waals surface area contributed by atoms with Gasteiger partial charge in [0, 0.05) is 28.4 Å². The molecule has 1 heterocycles. The van der Waals surface area contributed by atoms with E-state index in [1.165, 1.54) is 6.26 Å². The zero-order chi connectivity index (χ0) is 23.1. The summed E-state index contributed by atoms with van der Waals surface area (Å²) < 4.78 is 24.0. The highest BCUT2D eigenvalue weighted by Crippen LogP contribution is 2.37. The number of fused-ring (bicyclic) bond motifs is 1. The van der Waals surface area contributed by atoms with Gasteiger partial charge in [0.2, 0.25) is 0 Å². The van der Waals surface area contributed by atoms with Crippen LogP contribution in [0, 0.1) is 0 Å². The van der Waals surface area contributed by atoms with E-state index in [1.54, 1.807) is 26.1 Å². The van der Waals surface area contributed by atoms with Crippen molar-refractivity contribution in [1.82, 2.24) is 4.98 Å². The van der Waals surface area contributed by atoms with Gasteiger partial charge in [0.15, 0.2) is 9.84 Å².